The average Bonchev–Trinajstić information content (AvgIpc) is 2.24. The summed E-state index contributed by atoms with van der Waals surface area (Å²) in [6.45, 7) is 0.133. The molecule has 0 saturated carbocycles. The van der Waals surface area contributed by atoms with Crippen LogP contribution in [0.5, 0.6) is 0 Å². The van der Waals surface area contributed by atoms with Crippen LogP contribution in [-0.2, 0) is 9.84 Å². The Morgan fingerprint density at radius 1 is 1.50 bits per heavy atom. The Labute approximate surface area is 113 Å². The van der Waals surface area contributed by atoms with E-state index in [9.17, 15) is 13.2 Å². The van der Waals surface area contributed by atoms with E-state index < -0.39 is 9.84 Å². The first-order valence-corrected chi connectivity index (χ1v) is 7.00. The second-order valence-electron chi connectivity index (χ2n) is 3.83. The quantitative estimate of drug-likeness (QED) is 0.856. The minimum atomic E-state index is -3.08. The van der Waals surface area contributed by atoms with Gasteiger partial charge in [-0.2, -0.15) is 0 Å². The smallest absolute Gasteiger partial charge is 0.272 e. The van der Waals surface area contributed by atoms with Gasteiger partial charge in [-0.3, -0.25) is 9.78 Å². The molecule has 0 aliphatic rings. The zero-order valence-electron chi connectivity index (χ0n) is 10.2. The van der Waals surface area contributed by atoms with Crippen LogP contribution < -0.4 is 5.73 Å². The van der Waals surface area contributed by atoms with Crippen LogP contribution in [0.2, 0.25) is 0 Å². The fourth-order valence-corrected chi connectivity index (χ4v) is 1.77. The molecule has 0 radical (unpaired) electrons. The molecule has 0 spiro atoms. The number of amides is 1. The number of carbonyl (C=O) groups excluding carboxylic acids is 1. The lowest BCUT2D eigenvalue weighted by Gasteiger charge is -2.15. The maximum atomic E-state index is 11.8. The Bertz CT molecular complexity index is 519. The van der Waals surface area contributed by atoms with E-state index >= 15 is 0 Å². The highest BCUT2D eigenvalue weighted by molar-refractivity contribution is 7.90. The first-order valence-electron chi connectivity index (χ1n) is 4.94. The van der Waals surface area contributed by atoms with E-state index in [-0.39, 0.29) is 36.3 Å². The minimum absolute atomic E-state index is 0. The number of nitrogens with zero attached hydrogens (tertiary/aromatic N) is 2. The molecule has 0 bridgehead atoms. The number of hydrogen-bond donors (Lipinski definition) is 1. The molecular weight excluding hydrogens is 278 g/mol. The molecule has 0 aromatic carbocycles. The third-order valence-corrected chi connectivity index (χ3v) is 3.07. The molecule has 1 aromatic heterocycles. The van der Waals surface area contributed by atoms with Crippen molar-refractivity contribution in [3.63, 3.8) is 0 Å². The third kappa shape index (κ3) is 5.33. The maximum absolute atomic E-state index is 11.8. The summed E-state index contributed by atoms with van der Waals surface area (Å²) in [5.74, 6) is -0.418. The third-order valence-electron chi connectivity index (χ3n) is 2.15. The summed E-state index contributed by atoms with van der Waals surface area (Å²) in [4.78, 5) is 17.0. The standard InChI is InChI=1S/C10H15N3O3S.ClH/c1-13(5-6-17(2,15)16)10(14)9-7-8(11)3-4-12-9;/h3-4,7H,5-6H2,1-2H3,(H2,11,12);1H. The van der Waals surface area contributed by atoms with Crippen molar-refractivity contribution in [1.29, 1.82) is 0 Å². The lowest BCUT2D eigenvalue weighted by Crippen LogP contribution is -2.32. The molecule has 1 rings (SSSR count). The number of nitrogen functional groups attached to an aromatic ring is 1. The highest BCUT2D eigenvalue weighted by Crippen LogP contribution is 2.05. The van der Waals surface area contributed by atoms with Crippen molar-refractivity contribution >= 4 is 33.8 Å². The number of halogens is 1. The largest absolute Gasteiger partial charge is 0.399 e. The van der Waals surface area contributed by atoms with E-state index in [4.69, 9.17) is 5.73 Å². The van der Waals surface area contributed by atoms with Gasteiger partial charge >= 0.3 is 0 Å². The van der Waals surface area contributed by atoms with Gasteiger partial charge in [0.15, 0.2) is 0 Å². The van der Waals surface area contributed by atoms with Gasteiger partial charge in [0.05, 0.1) is 5.75 Å². The zero-order valence-corrected chi connectivity index (χ0v) is 11.8. The van der Waals surface area contributed by atoms with Crippen molar-refractivity contribution in [2.75, 3.05) is 31.3 Å². The molecule has 102 valence electrons. The zero-order chi connectivity index (χ0) is 13.1. The summed E-state index contributed by atoms with van der Waals surface area (Å²) >= 11 is 0. The van der Waals surface area contributed by atoms with Crippen molar-refractivity contribution in [1.82, 2.24) is 9.88 Å². The van der Waals surface area contributed by atoms with Gasteiger partial charge in [-0.15, -0.1) is 12.4 Å². The van der Waals surface area contributed by atoms with Crippen LogP contribution >= 0.6 is 12.4 Å². The number of hydrogen-bond acceptors (Lipinski definition) is 5. The number of sulfone groups is 1. The van der Waals surface area contributed by atoms with Gasteiger partial charge in [0.1, 0.15) is 15.5 Å². The maximum Gasteiger partial charge on any atom is 0.272 e. The summed E-state index contributed by atoms with van der Waals surface area (Å²) in [7, 11) is -1.56. The summed E-state index contributed by atoms with van der Waals surface area (Å²) in [5.41, 5.74) is 6.19. The van der Waals surface area contributed by atoms with E-state index in [1.54, 1.807) is 6.07 Å². The minimum Gasteiger partial charge on any atom is -0.399 e. The number of rotatable bonds is 4. The van der Waals surface area contributed by atoms with E-state index in [0.717, 1.165) is 6.26 Å². The van der Waals surface area contributed by atoms with Crippen LogP contribution in [0.15, 0.2) is 18.3 Å². The first kappa shape index (κ1) is 16.7. The van der Waals surface area contributed by atoms with Crippen molar-refractivity contribution in [2.45, 2.75) is 0 Å². The molecule has 0 unspecified atom stereocenters. The van der Waals surface area contributed by atoms with Crippen molar-refractivity contribution in [3.8, 4) is 0 Å². The fourth-order valence-electron chi connectivity index (χ4n) is 1.16. The van der Waals surface area contributed by atoms with Crippen LogP contribution in [-0.4, -0.2) is 49.8 Å². The van der Waals surface area contributed by atoms with Gasteiger partial charge in [0, 0.05) is 31.7 Å². The Balaban J connectivity index is 0.00000289. The highest BCUT2D eigenvalue weighted by atomic mass is 35.5. The fraction of sp³-hybridized carbons (Fsp3) is 0.400. The molecule has 6 nitrogen and oxygen atoms in total. The number of nitrogens with two attached hydrogens (primary N) is 1. The number of aromatic nitrogens is 1. The Kier molecular flexibility index (Phi) is 6.07. The van der Waals surface area contributed by atoms with Gasteiger partial charge in [-0.05, 0) is 12.1 Å². The van der Waals surface area contributed by atoms with E-state index in [0.29, 0.717) is 5.69 Å². The summed E-state index contributed by atoms with van der Waals surface area (Å²) in [6, 6.07) is 3.03. The summed E-state index contributed by atoms with van der Waals surface area (Å²) in [6.07, 6.45) is 2.57. The Morgan fingerprint density at radius 2 is 2.11 bits per heavy atom. The molecule has 0 saturated heterocycles. The van der Waals surface area contributed by atoms with Gasteiger partial charge in [0.2, 0.25) is 0 Å². The van der Waals surface area contributed by atoms with E-state index in [2.05, 4.69) is 4.98 Å². The molecule has 0 aliphatic carbocycles. The lowest BCUT2D eigenvalue weighted by atomic mass is 10.3. The molecule has 8 heteroatoms. The molecule has 0 fully saturated rings. The normalized spacial score (nSPS) is 10.6. The molecule has 1 aromatic rings. The second kappa shape index (κ2) is 6.55. The second-order valence-corrected chi connectivity index (χ2v) is 6.09. The van der Waals surface area contributed by atoms with Gasteiger partial charge in [-0.1, -0.05) is 0 Å². The van der Waals surface area contributed by atoms with Crippen molar-refractivity contribution in [3.05, 3.63) is 24.0 Å². The van der Waals surface area contributed by atoms with E-state index in [1.165, 1.54) is 24.2 Å². The molecule has 1 heterocycles. The van der Waals surface area contributed by atoms with Crippen molar-refractivity contribution in [2.24, 2.45) is 0 Å². The van der Waals surface area contributed by atoms with E-state index in [1.807, 2.05) is 0 Å². The first-order chi connectivity index (χ1) is 7.79. The topological polar surface area (TPSA) is 93.4 Å². The Hall–Kier alpha value is -1.34. The SMILES string of the molecule is CN(CCS(C)(=O)=O)C(=O)c1cc(N)ccn1.Cl. The molecule has 18 heavy (non-hydrogen) atoms. The monoisotopic (exact) mass is 293 g/mol. The highest BCUT2D eigenvalue weighted by Gasteiger charge is 2.14. The molecule has 0 aliphatic heterocycles. The molecule has 0 atom stereocenters. The van der Waals surface area contributed by atoms with Crippen LogP contribution in [0.25, 0.3) is 0 Å². The Morgan fingerprint density at radius 3 is 2.61 bits per heavy atom. The van der Waals surface area contributed by atoms with Crippen molar-refractivity contribution < 1.29 is 13.2 Å². The average molecular weight is 294 g/mol. The van der Waals surface area contributed by atoms with Crippen LogP contribution in [0.4, 0.5) is 5.69 Å². The van der Waals surface area contributed by atoms with Crippen LogP contribution in [0, 0.1) is 0 Å². The van der Waals surface area contributed by atoms with Gasteiger partial charge in [-0.25, -0.2) is 8.42 Å². The van der Waals surface area contributed by atoms with Gasteiger partial charge in [0.25, 0.3) is 5.91 Å². The van der Waals surface area contributed by atoms with Crippen LogP contribution in [0.3, 0.4) is 0 Å². The van der Waals surface area contributed by atoms with Crippen LogP contribution in [0.1, 0.15) is 10.5 Å². The summed E-state index contributed by atoms with van der Waals surface area (Å²) < 4.78 is 22.0. The summed E-state index contributed by atoms with van der Waals surface area (Å²) in [5, 5.41) is 0. The number of pyridine rings is 1. The molecular formula is C10H16ClN3O3S. The number of anilines is 1. The molecule has 2 N–H and O–H groups in total. The predicted octanol–water partition coefficient (Wildman–Crippen LogP) is 0.202. The number of carbonyl (C=O) groups is 1. The lowest BCUT2D eigenvalue weighted by molar-refractivity contribution is 0.0798. The van der Waals surface area contributed by atoms with Gasteiger partial charge < -0.3 is 10.6 Å². The predicted molar refractivity (Wildman–Crippen MR) is 72.6 cm³/mol. The molecule has 1 amide bonds.